The van der Waals surface area contributed by atoms with Crippen LogP contribution in [-0.2, 0) is 20.0 Å². The predicted octanol–water partition coefficient (Wildman–Crippen LogP) is 4.84. The van der Waals surface area contributed by atoms with Crippen LogP contribution in [-0.4, -0.2) is 47.2 Å². The number of benzene rings is 3. The minimum Gasteiger partial charge on any atom is -0.496 e. The molecule has 0 saturated carbocycles. The Kier molecular flexibility index (Phi) is 8.00. The van der Waals surface area contributed by atoms with Gasteiger partial charge in [0.25, 0.3) is 15.9 Å². The fourth-order valence-electron chi connectivity index (χ4n) is 3.80. The molecule has 196 valence electrons. The molecule has 3 aromatic carbocycles. The van der Waals surface area contributed by atoms with Crippen molar-refractivity contribution in [1.29, 1.82) is 0 Å². The Hall–Kier alpha value is -2.83. The van der Waals surface area contributed by atoms with Crippen LogP contribution in [0.1, 0.15) is 23.2 Å². The van der Waals surface area contributed by atoms with Gasteiger partial charge in [0.05, 0.1) is 38.2 Å². The van der Waals surface area contributed by atoms with E-state index in [1.165, 1.54) is 66.0 Å². The summed E-state index contributed by atoms with van der Waals surface area (Å²) in [4.78, 5) is 13.0. The van der Waals surface area contributed by atoms with E-state index in [1.807, 2.05) is 0 Å². The number of carbonyl (C=O) groups is 1. The number of hydrogen-bond donors (Lipinski definition) is 2. The third kappa shape index (κ3) is 5.86. The normalized spacial score (nSPS) is 14.4. The minimum atomic E-state index is -3.99. The number of methoxy groups -OCH3 is 1. The van der Waals surface area contributed by atoms with Crippen molar-refractivity contribution in [1.82, 2.24) is 4.31 Å². The van der Waals surface area contributed by atoms with Crippen LogP contribution >= 0.6 is 23.2 Å². The summed E-state index contributed by atoms with van der Waals surface area (Å²) in [6.45, 7) is 0.868. The van der Waals surface area contributed by atoms with Crippen molar-refractivity contribution in [3.05, 3.63) is 76.3 Å². The Morgan fingerprint density at radius 3 is 2.22 bits per heavy atom. The monoisotopic (exact) mass is 583 g/mol. The summed E-state index contributed by atoms with van der Waals surface area (Å²) in [6.07, 6.45) is 1.58. The van der Waals surface area contributed by atoms with Gasteiger partial charge in [-0.2, -0.15) is 4.31 Å². The molecule has 0 atom stereocenters. The largest absolute Gasteiger partial charge is 0.496 e. The van der Waals surface area contributed by atoms with Crippen molar-refractivity contribution >= 4 is 60.5 Å². The lowest BCUT2D eigenvalue weighted by molar-refractivity contribution is 0.102. The van der Waals surface area contributed by atoms with Crippen molar-refractivity contribution in [3.63, 3.8) is 0 Å². The number of amides is 1. The molecule has 0 aromatic heterocycles. The van der Waals surface area contributed by atoms with Gasteiger partial charge in [0, 0.05) is 18.8 Å². The zero-order valence-electron chi connectivity index (χ0n) is 19.6. The molecule has 1 heterocycles. The molecule has 0 unspecified atom stereocenters. The second-order valence-corrected chi connectivity index (χ2v) is 12.6. The maximum atomic E-state index is 13.0. The summed E-state index contributed by atoms with van der Waals surface area (Å²) in [6, 6.07) is 14.1. The smallest absolute Gasteiger partial charge is 0.261 e. The number of carbonyl (C=O) groups excluding carboxylic acids is 1. The SMILES string of the molecule is COc1ccc(S(=O)(=O)N2CCCC2)cc1C(=O)Nc1ccc(S(=O)(=O)Nc2cccc(Cl)c2Cl)cc1. The van der Waals surface area contributed by atoms with E-state index >= 15 is 0 Å². The average molecular weight is 585 g/mol. The standard InChI is InChI=1S/C24H23Cl2N3O6S2/c1-35-22-12-11-18(37(33,34)29-13-2-3-14-29)15-19(22)24(30)27-16-7-9-17(10-8-16)36(31,32)28-21-6-4-5-20(25)23(21)26/h4-12,15,28H,2-3,13-14H2,1H3,(H,27,30). The van der Waals surface area contributed by atoms with Gasteiger partial charge in [-0.15, -0.1) is 0 Å². The van der Waals surface area contributed by atoms with E-state index < -0.39 is 26.0 Å². The summed E-state index contributed by atoms with van der Waals surface area (Å²) in [5.41, 5.74) is 0.443. The maximum Gasteiger partial charge on any atom is 0.261 e. The van der Waals surface area contributed by atoms with Crippen LogP contribution in [0.4, 0.5) is 11.4 Å². The summed E-state index contributed by atoms with van der Waals surface area (Å²) in [5, 5.41) is 2.92. The van der Waals surface area contributed by atoms with Gasteiger partial charge in [-0.25, -0.2) is 16.8 Å². The first kappa shape index (κ1) is 27.2. The molecule has 1 fully saturated rings. The lowest BCUT2D eigenvalue weighted by atomic mass is 10.2. The van der Waals surface area contributed by atoms with E-state index in [2.05, 4.69) is 10.0 Å². The summed E-state index contributed by atoms with van der Waals surface area (Å²) < 4.78 is 60.4. The second-order valence-electron chi connectivity index (χ2n) is 8.16. The fraction of sp³-hybridized carbons (Fsp3) is 0.208. The summed E-state index contributed by atoms with van der Waals surface area (Å²) >= 11 is 12.0. The Balaban J connectivity index is 1.54. The number of rotatable bonds is 8. The average Bonchev–Trinajstić information content (AvgIpc) is 3.43. The van der Waals surface area contributed by atoms with Gasteiger partial charge in [0.1, 0.15) is 5.75 Å². The molecular weight excluding hydrogens is 561 g/mol. The van der Waals surface area contributed by atoms with Crippen LogP contribution < -0.4 is 14.8 Å². The highest BCUT2D eigenvalue weighted by atomic mass is 35.5. The van der Waals surface area contributed by atoms with Gasteiger partial charge >= 0.3 is 0 Å². The number of halogens is 2. The van der Waals surface area contributed by atoms with Crippen LogP contribution in [0.2, 0.25) is 10.0 Å². The van der Waals surface area contributed by atoms with E-state index in [4.69, 9.17) is 27.9 Å². The number of nitrogens with one attached hydrogen (secondary N) is 2. The summed E-state index contributed by atoms with van der Waals surface area (Å²) in [7, 11) is -6.35. The molecule has 0 radical (unpaired) electrons. The highest BCUT2D eigenvalue weighted by Crippen LogP contribution is 2.31. The second kappa shape index (κ2) is 10.9. The van der Waals surface area contributed by atoms with Gasteiger partial charge in [0.2, 0.25) is 10.0 Å². The van der Waals surface area contributed by atoms with Crippen LogP contribution in [0.15, 0.2) is 70.5 Å². The molecule has 1 saturated heterocycles. The molecule has 1 amide bonds. The van der Waals surface area contributed by atoms with E-state index in [-0.39, 0.29) is 36.8 Å². The number of sulfonamides is 2. The zero-order valence-corrected chi connectivity index (χ0v) is 22.7. The molecule has 0 spiro atoms. The first-order chi connectivity index (χ1) is 17.5. The molecule has 37 heavy (non-hydrogen) atoms. The lowest BCUT2D eigenvalue weighted by Gasteiger charge is -2.17. The number of anilines is 2. The topological polar surface area (TPSA) is 122 Å². The molecule has 1 aliphatic rings. The predicted molar refractivity (Wildman–Crippen MR) is 143 cm³/mol. The minimum absolute atomic E-state index is 0.00691. The van der Waals surface area contributed by atoms with Crippen LogP contribution in [0, 0.1) is 0 Å². The lowest BCUT2D eigenvalue weighted by Crippen LogP contribution is -2.28. The van der Waals surface area contributed by atoms with Crippen molar-refractivity contribution in [2.45, 2.75) is 22.6 Å². The van der Waals surface area contributed by atoms with Gasteiger partial charge in [-0.3, -0.25) is 9.52 Å². The van der Waals surface area contributed by atoms with E-state index in [1.54, 1.807) is 6.07 Å². The number of nitrogens with zero attached hydrogens (tertiary/aromatic N) is 1. The van der Waals surface area contributed by atoms with Gasteiger partial charge < -0.3 is 10.1 Å². The van der Waals surface area contributed by atoms with Crippen molar-refractivity contribution in [2.24, 2.45) is 0 Å². The molecule has 13 heteroatoms. The number of hydrogen-bond acceptors (Lipinski definition) is 6. The Morgan fingerprint density at radius 2 is 1.57 bits per heavy atom. The highest BCUT2D eigenvalue weighted by Gasteiger charge is 2.28. The molecule has 4 rings (SSSR count). The van der Waals surface area contributed by atoms with Crippen molar-refractivity contribution < 1.29 is 26.4 Å². The summed E-state index contributed by atoms with van der Waals surface area (Å²) in [5.74, 6) is -0.422. The van der Waals surface area contributed by atoms with Crippen LogP contribution in [0.5, 0.6) is 5.75 Å². The fourth-order valence-corrected chi connectivity index (χ4v) is 6.82. The Morgan fingerprint density at radius 1 is 0.919 bits per heavy atom. The van der Waals surface area contributed by atoms with Crippen molar-refractivity contribution in [3.8, 4) is 5.75 Å². The molecule has 3 aromatic rings. The molecule has 9 nitrogen and oxygen atoms in total. The molecule has 0 bridgehead atoms. The van der Waals surface area contributed by atoms with Gasteiger partial charge in [0.15, 0.2) is 0 Å². The highest BCUT2D eigenvalue weighted by molar-refractivity contribution is 7.92. The van der Waals surface area contributed by atoms with Crippen LogP contribution in [0.25, 0.3) is 0 Å². The van der Waals surface area contributed by atoms with Gasteiger partial charge in [-0.05, 0) is 67.4 Å². The van der Waals surface area contributed by atoms with E-state index in [9.17, 15) is 21.6 Å². The molecule has 0 aliphatic carbocycles. The molecule has 2 N–H and O–H groups in total. The first-order valence-corrected chi connectivity index (χ1v) is 14.8. The van der Waals surface area contributed by atoms with Crippen molar-refractivity contribution in [2.75, 3.05) is 30.2 Å². The Bertz CT molecular complexity index is 1540. The number of ether oxygens (including phenoxy) is 1. The first-order valence-electron chi connectivity index (χ1n) is 11.1. The van der Waals surface area contributed by atoms with E-state index in [0.29, 0.717) is 18.8 Å². The maximum absolute atomic E-state index is 13.0. The third-order valence-electron chi connectivity index (χ3n) is 5.74. The zero-order chi connectivity index (χ0) is 26.8. The van der Waals surface area contributed by atoms with E-state index in [0.717, 1.165) is 12.8 Å². The van der Waals surface area contributed by atoms with Crippen LogP contribution in [0.3, 0.4) is 0 Å². The molecular formula is C24H23Cl2N3O6S2. The molecule has 1 aliphatic heterocycles. The van der Waals surface area contributed by atoms with Gasteiger partial charge in [-0.1, -0.05) is 29.3 Å². The Labute approximate surface area is 225 Å². The third-order valence-corrected chi connectivity index (χ3v) is 9.83. The quantitative estimate of drug-likeness (QED) is 0.391.